The third-order valence-electron chi connectivity index (χ3n) is 7.55. The summed E-state index contributed by atoms with van der Waals surface area (Å²) in [4.78, 5) is 21.0. The highest BCUT2D eigenvalue weighted by Gasteiger charge is 2.28. The van der Waals surface area contributed by atoms with Gasteiger partial charge in [0.15, 0.2) is 5.82 Å². The molecule has 0 unspecified atom stereocenters. The van der Waals surface area contributed by atoms with Gasteiger partial charge in [-0.1, -0.05) is 74.6 Å². The number of hydrogen-bond acceptors (Lipinski definition) is 4. The minimum Gasteiger partial charge on any atom is -0.361 e. The van der Waals surface area contributed by atoms with Gasteiger partial charge >= 0.3 is 0 Å². The van der Waals surface area contributed by atoms with Crippen molar-refractivity contribution in [1.82, 2.24) is 14.5 Å². The van der Waals surface area contributed by atoms with Crippen LogP contribution in [0.1, 0.15) is 69.4 Å². The van der Waals surface area contributed by atoms with Crippen molar-refractivity contribution in [2.75, 3.05) is 18.4 Å². The molecular weight excluding hydrogens is 408 g/mol. The molecule has 2 heterocycles. The van der Waals surface area contributed by atoms with E-state index in [-0.39, 0.29) is 11.6 Å². The Morgan fingerprint density at radius 2 is 1.45 bits per heavy atom. The SMILES string of the molecule is O=c1c(NCc2ccccc2)nc2ccccc2n1C1CCN(C2CCCCCCC2)CC1. The molecule has 5 heteroatoms. The standard InChI is InChI=1S/C28H36N4O/c33-28-27(29-21-22-11-5-4-6-12-22)30-25-15-9-10-16-26(25)32(28)24-17-19-31(20-18-24)23-13-7-2-1-3-8-14-23/h4-6,9-12,15-16,23-24H,1-3,7-8,13-14,17-21H2,(H,29,30). The molecule has 0 radical (unpaired) electrons. The van der Waals surface area contributed by atoms with E-state index in [9.17, 15) is 4.79 Å². The maximum absolute atomic E-state index is 13.6. The van der Waals surface area contributed by atoms with Gasteiger partial charge in [-0.3, -0.25) is 4.79 Å². The third kappa shape index (κ3) is 5.14. The fraction of sp³-hybridized carbons (Fsp3) is 0.500. The predicted octanol–water partition coefficient (Wildman–Crippen LogP) is 5.76. The zero-order valence-electron chi connectivity index (χ0n) is 19.6. The van der Waals surface area contributed by atoms with E-state index in [1.807, 2.05) is 47.0 Å². The van der Waals surface area contributed by atoms with Crippen LogP contribution in [0.5, 0.6) is 0 Å². The summed E-state index contributed by atoms with van der Waals surface area (Å²) in [6.45, 7) is 2.78. The monoisotopic (exact) mass is 444 g/mol. The second-order valence-electron chi connectivity index (χ2n) is 9.73. The molecule has 33 heavy (non-hydrogen) atoms. The van der Waals surface area contributed by atoms with Gasteiger partial charge in [0.2, 0.25) is 0 Å². The molecule has 174 valence electrons. The van der Waals surface area contributed by atoms with Crippen molar-refractivity contribution in [3.05, 3.63) is 70.5 Å². The molecule has 0 atom stereocenters. The Morgan fingerprint density at radius 3 is 2.21 bits per heavy atom. The summed E-state index contributed by atoms with van der Waals surface area (Å²) in [5.74, 6) is 0.458. The van der Waals surface area contributed by atoms with Gasteiger partial charge in [-0.25, -0.2) is 4.98 Å². The average molecular weight is 445 g/mol. The average Bonchev–Trinajstić information content (AvgIpc) is 2.84. The van der Waals surface area contributed by atoms with Crippen LogP contribution in [-0.2, 0) is 6.54 Å². The Morgan fingerprint density at radius 1 is 0.788 bits per heavy atom. The van der Waals surface area contributed by atoms with Crippen LogP contribution >= 0.6 is 0 Å². The Bertz CT molecular complexity index is 1090. The van der Waals surface area contributed by atoms with Gasteiger partial charge in [0, 0.05) is 31.7 Å². The number of likely N-dealkylation sites (tertiary alicyclic amines) is 1. The van der Waals surface area contributed by atoms with Crippen LogP contribution in [0, 0.1) is 0 Å². The van der Waals surface area contributed by atoms with Crippen molar-refractivity contribution >= 4 is 16.9 Å². The van der Waals surface area contributed by atoms with Gasteiger partial charge in [-0.05, 0) is 43.4 Å². The summed E-state index contributed by atoms with van der Waals surface area (Å²) in [7, 11) is 0. The van der Waals surface area contributed by atoms with Crippen LogP contribution in [0.25, 0.3) is 11.0 Å². The minimum absolute atomic E-state index is 0.00837. The predicted molar refractivity (Wildman–Crippen MR) is 136 cm³/mol. The quantitative estimate of drug-likeness (QED) is 0.544. The molecule has 1 aliphatic heterocycles. The summed E-state index contributed by atoms with van der Waals surface area (Å²) < 4.78 is 2.03. The van der Waals surface area contributed by atoms with Crippen LogP contribution in [-0.4, -0.2) is 33.6 Å². The molecule has 0 spiro atoms. The Hall–Kier alpha value is -2.66. The lowest BCUT2D eigenvalue weighted by Crippen LogP contribution is -2.43. The minimum atomic E-state index is 0.00837. The summed E-state index contributed by atoms with van der Waals surface area (Å²) in [6, 6.07) is 19.2. The first-order chi connectivity index (χ1) is 16.3. The third-order valence-corrected chi connectivity index (χ3v) is 7.55. The van der Waals surface area contributed by atoms with E-state index in [1.54, 1.807) is 0 Å². The number of piperidine rings is 1. The van der Waals surface area contributed by atoms with Crippen LogP contribution in [0.4, 0.5) is 5.82 Å². The lowest BCUT2D eigenvalue weighted by molar-refractivity contribution is 0.116. The van der Waals surface area contributed by atoms with Crippen molar-refractivity contribution < 1.29 is 0 Å². The molecule has 1 saturated carbocycles. The van der Waals surface area contributed by atoms with E-state index >= 15 is 0 Å². The summed E-state index contributed by atoms with van der Waals surface area (Å²) in [5.41, 5.74) is 2.99. The second-order valence-corrected chi connectivity index (χ2v) is 9.73. The number of hydrogen-bond donors (Lipinski definition) is 1. The maximum Gasteiger partial charge on any atom is 0.294 e. The normalized spacial score (nSPS) is 19.3. The van der Waals surface area contributed by atoms with Crippen molar-refractivity contribution in [2.45, 2.75) is 76.4 Å². The molecule has 5 nitrogen and oxygen atoms in total. The zero-order valence-corrected chi connectivity index (χ0v) is 19.6. The van der Waals surface area contributed by atoms with Crippen molar-refractivity contribution in [3.63, 3.8) is 0 Å². The van der Waals surface area contributed by atoms with Gasteiger partial charge < -0.3 is 14.8 Å². The Labute approximate surface area is 196 Å². The van der Waals surface area contributed by atoms with E-state index in [1.165, 1.54) is 44.9 Å². The summed E-state index contributed by atoms with van der Waals surface area (Å²) in [6.07, 6.45) is 11.7. The van der Waals surface area contributed by atoms with E-state index in [0.717, 1.165) is 48.6 Å². The number of para-hydroxylation sites is 2. The number of anilines is 1. The van der Waals surface area contributed by atoms with Crippen LogP contribution in [0.15, 0.2) is 59.4 Å². The molecule has 1 N–H and O–H groups in total. The lowest BCUT2D eigenvalue weighted by Gasteiger charge is -2.39. The van der Waals surface area contributed by atoms with Crippen molar-refractivity contribution in [1.29, 1.82) is 0 Å². The Balaban J connectivity index is 1.36. The molecule has 2 aromatic carbocycles. The van der Waals surface area contributed by atoms with Gasteiger partial charge in [0.25, 0.3) is 5.56 Å². The number of nitrogens with one attached hydrogen (secondary N) is 1. The lowest BCUT2D eigenvalue weighted by atomic mass is 9.93. The van der Waals surface area contributed by atoms with Crippen molar-refractivity contribution in [2.24, 2.45) is 0 Å². The highest BCUT2D eigenvalue weighted by molar-refractivity contribution is 5.76. The van der Waals surface area contributed by atoms with Gasteiger partial charge in [0.1, 0.15) is 0 Å². The van der Waals surface area contributed by atoms with Gasteiger partial charge in [-0.15, -0.1) is 0 Å². The van der Waals surface area contributed by atoms with Crippen LogP contribution < -0.4 is 10.9 Å². The topological polar surface area (TPSA) is 50.2 Å². The first kappa shape index (κ1) is 22.1. The number of fused-ring (bicyclic) bond motifs is 1. The number of rotatable bonds is 5. The van der Waals surface area contributed by atoms with E-state index in [4.69, 9.17) is 4.98 Å². The summed E-state index contributed by atoms with van der Waals surface area (Å²) >= 11 is 0. The highest BCUT2D eigenvalue weighted by atomic mass is 16.1. The molecule has 1 aliphatic carbocycles. The van der Waals surface area contributed by atoms with E-state index in [0.29, 0.717) is 12.4 Å². The number of aromatic nitrogens is 2. The molecule has 1 aromatic heterocycles. The van der Waals surface area contributed by atoms with Crippen LogP contribution in [0.3, 0.4) is 0 Å². The van der Waals surface area contributed by atoms with E-state index in [2.05, 4.69) is 22.3 Å². The van der Waals surface area contributed by atoms with Crippen LogP contribution in [0.2, 0.25) is 0 Å². The number of benzene rings is 2. The zero-order chi connectivity index (χ0) is 22.5. The van der Waals surface area contributed by atoms with Gasteiger partial charge in [-0.2, -0.15) is 0 Å². The molecule has 0 amide bonds. The molecule has 2 aliphatic rings. The Kier molecular flexibility index (Phi) is 7.06. The smallest absolute Gasteiger partial charge is 0.294 e. The molecular formula is C28H36N4O. The first-order valence-electron chi connectivity index (χ1n) is 12.8. The fourth-order valence-electron chi connectivity index (χ4n) is 5.72. The second kappa shape index (κ2) is 10.5. The molecule has 2 fully saturated rings. The molecule has 1 saturated heterocycles. The molecule has 3 aromatic rings. The first-order valence-corrected chi connectivity index (χ1v) is 12.8. The van der Waals surface area contributed by atoms with Gasteiger partial charge in [0.05, 0.1) is 11.0 Å². The number of nitrogens with zero attached hydrogens (tertiary/aromatic N) is 3. The fourth-order valence-corrected chi connectivity index (χ4v) is 5.72. The molecule has 0 bridgehead atoms. The van der Waals surface area contributed by atoms with Crippen molar-refractivity contribution in [3.8, 4) is 0 Å². The van der Waals surface area contributed by atoms with E-state index < -0.39 is 0 Å². The summed E-state index contributed by atoms with van der Waals surface area (Å²) in [5, 5.41) is 3.32. The maximum atomic E-state index is 13.6. The largest absolute Gasteiger partial charge is 0.361 e. The molecule has 5 rings (SSSR count). The highest BCUT2D eigenvalue weighted by Crippen LogP contribution is 2.29.